The zero-order valence-electron chi connectivity index (χ0n) is 10.5. The number of rotatable bonds is 5. The Bertz CT molecular complexity index is 364. The van der Waals surface area contributed by atoms with Crippen molar-refractivity contribution in [2.75, 3.05) is 39.4 Å². The number of amides is 1. The first kappa shape index (κ1) is 13.0. The third kappa shape index (κ3) is 4.09. The van der Waals surface area contributed by atoms with Crippen LogP contribution in [-0.2, 0) is 4.74 Å². The molecular weight excluding hydrogens is 230 g/mol. The van der Waals surface area contributed by atoms with Crippen LogP contribution >= 0.6 is 0 Å². The summed E-state index contributed by atoms with van der Waals surface area (Å²) < 4.78 is 5.30. The smallest absolute Gasteiger partial charge is 0.269 e. The highest BCUT2D eigenvalue weighted by Crippen LogP contribution is 1.92. The lowest BCUT2D eigenvalue weighted by Gasteiger charge is -2.23. The number of ether oxygens (including phenoxy) is 1. The standard InChI is InChI=1S/C13H19N3O2/c17-13(12-4-1-2-5-14-12)15-6-3-7-16-8-10-18-11-9-16/h1-2,4-5H,3,6-11H2,(H,15,17)/p+1. The monoisotopic (exact) mass is 250 g/mol. The van der Waals surface area contributed by atoms with Crippen molar-refractivity contribution in [3.8, 4) is 0 Å². The number of morpholine rings is 1. The van der Waals surface area contributed by atoms with E-state index >= 15 is 0 Å². The Hall–Kier alpha value is -1.46. The van der Waals surface area contributed by atoms with Gasteiger partial charge in [0.2, 0.25) is 0 Å². The van der Waals surface area contributed by atoms with Crippen LogP contribution in [0.5, 0.6) is 0 Å². The highest BCUT2D eigenvalue weighted by Gasteiger charge is 2.13. The molecule has 0 aliphatic carbocycles. The molecule has 0 saturated carbocycles. The van der Waals surface area contributed by atoms with Crippen LogP contribution in [-0.4, -0.2) is 50.3 Å². The number of aromatic nitrogens is 1. The van der Waals surface area contributed by atoms with Gasteiger partial charge in [0.05, 0.1) is 19.8 Å². The second kappa shape index (κ2) is 7.08. The van der Waals surface area contributed by atoms with Crippen molar-refractivity contribution in [2.45, 2.75) is 6.42 Å². The lowest BCUT2D eigenvalue weighted by Crippen LogP contribution is -3.14. The fourth-order valence-electron chi connectivity index (χ4n) is 2.04. The minimum absolute atomic E-state index is 0.0902. The average molecular weight is 250 g/mol. The van der Waals surface area contributed by atoms with Crippen molar-refractivity contribution in [3.05, 3.63) is 30.1 Å². The van der Waals surface area contributed by atoms with Crippen molar-refractivity contribution in [1.82, 2.24) is 10.3 Å². The molecule has 2 rings (SSSR count). The van der Waals surface area contributed by atoms with Crippen molar-refractivity contribution >= 4 is 5.91 Å². The number of hydrogen-bond donors (Lipinski definition) is 2. The number of nitrogens with zero attached hydrogens (tertiary/aromatic N) is 1. The molecule has 1 amide bonds. The zero-order chi connectivity index (χ0) is 12.6. The van der Waals surface area contributed by atoms with E-state index in [0.29, 0.717) is 12.2 Å². The SMILES string of the molecule is O=C(NCCC[NH+]1CCOCC1)c1ccccn1. The van der Waals surface area contributed by atoms with E-state index in [1.165, 1.54) is 0 Å². The van der Waals surface area contributed by atoms with E-state index in [1.807, 2.05) is 6.07 Å². The van der Waals surface area contributed by atoms with Crippen molar-refractivity contribution in [2.24, 2.45) is 0 Å². The lowest BCUT2D eigenvalue weighted by atomic mass is 10.3. The van der Waals surface area contributed by atoms with Gasteiger partial charge < -0.3 is 15.0 Å². The highest BCUT2D eigenvalue weighted by atomic mass is 16.5. The number of pyridine rings is 1. The third-order valence-corrected chi connectivity index (χ3v) is 3.09. The van der Waals surface area contributed by atoms with Crippen molar-refractivity contribution < 1.29 is 14.4 Å². The van der Waals surface area contributed by atoms with Crippen LogP contribution in [0.4, 0.5) is 0 Å². The van der Waals surface area contributed by atoms with E-state index < -0.39 is 0 Å². The predicted molar refractivity (Wildman–Crippen MR) is 67.6 cm³/mol. The van der Waals surface area contributed by atoms with Gasteiger partial charge in [-0.2, -0.15) is 0 Å². The van der Waals surface area contributed by atoms with Gasteiger partial charge in [-0.15, -0.1) is 0 Å². The van der Waals surface area contributed by atoms with Crippen LogP contribution in [0.3, 0.4) is 0 Å². The van der Waals surface area contributed by atoms with E-state index in [-0.39, 0.29) is 5.91 Å². The molecule has 2 N–H and O–H groups in total. The maximum atomic E-state index is 11.7. The Labute approximate surface area is 107 Å². The first-order chi connectivity index (χ1) is 8.86. The zero-order valence-corrected chi connectivity index (χ0v) is 10.5. The molecule has 1 aromatic rings. The number of nitrogens with one attached hydrogen (secondary N) is 2. The summed E-state index contributed by atoms with van der Waals surface area (Å²) in [6.45, 7) is 5.67. The van der Waals surface area contributed by atoms with Crippen molar-refractivity contribution in [3.63, 3.8) is 0 Å². The summed E-state index contributed by atoms with van der Waals surface area (Å²) in [5, 5.41) is 2.89. The summed E-state index contributed by atoms with van der Waals surface area (Å²) in [6.07, 6.45) is 2.63. The molecule has 18 heavy (non-hydrogen) atoms. The number of quaternary nitrogens is 1. The van der Waals surface area contributed by atoms with Crippen LogP contribution < -0.4 is 10.2 Å². The second-order valence-corrected chi connectivity index (χ2v) is 4.44. The molecular formula is C13H20N3O2+. The maximum absolute atomic E-state index is 11.7. The molecule has 2 heterocycles. The first-order valence-corrected chi connectivity index (χ1v) is 6.47. The highest BCUT2D eigenvalue weighted by molar-refractivity contribution is 5.92. The van der Waals surface area contributed by atoms with Crippen molar-refractivity contribution in [1.29, 1.82) is 0 Å². The normalized spacial score (nSPS) is 16.4. The summed E-state index contributed by atoms with van der Waals surface area (Å²) in [7, 11) is 0. The molecule has 0 aromatic carbocycles. The minimum Gasteiger partial charge on any atom is -0.370 e. The topological polar surface area (TPSA) is 55.7 Å². The Morgan fingerprint density at radius 2 is 2.22 bits per heavy atom. The molecule has 5 heteroatoms. The van der Waals surface area contributed by atoms with Gasteiger partial charge >= 0.3 is 0 Å². The molecule has 0 unspecified atom stereocenters. The first-order valence-electron chi connectivity index (χ1n) is 6.47. The number of hydrogen-bond acceptors (Lipinski definition) is 3. The van der Waals surface area contributed by atoms with E-state index in [4.69, 9.17) is 4.74 Å². The Morgan fingerprint density at radius 3 is 2.94 bits per heavy atom. The summed E-state index contributed by atoms with van der Waals surface area (Å²) in [5.74, 6) is -0.0902. The molecule has 1 aliphatic heterocycles. The largest absolute Gasteiger partial charge is 0.370 e. The predicted octanol–water partition coefficient (Wildman–Crippen LogP) is -0.883. The molecule has 5 nitrogen and oxygen atoms in total. The molecule has 1 aromatic heterocycles. The third-order valence-electron chi connectivity index (χ3n) is 3.09. The molecule has 98 valence electrons. The number of carbonyl (C=O) groups excluding carboxylic acids is 1. The van der Waals surface area contributed by atoms with Crippen LogP contribution in [0.2, 0.25) is 0 Å². The van der Waals surface area contributed by atoms with E-state index in [2.05, 4.69) is 10.3 Å². The Balaban J connectivity index is 1.62. The summed E-state index contributed by atoms with van der Waals surface area (Å²) in [4.78, 5) is 17.3. The minimum atomic E-state index is -0.0902. The molecule has 1 aliphatic rings. The van der Waals surface area contributed by atoms with Crippen LogP contribution in [0.25, 0.3) is 0 Å². The fraction of sp³-hybridized carbons (Fsp3) is 0.538. The van der Waals surface area contributed by atoms with Gasteiger partial charge in [0.25, 0.3) is 5.91 Å². The quantitative estimate of drug-likeness (QED) is 0.667. The molecule has 1 fully saturated rings. The average Bonchev–Trinajstić information content (AvgIpc) is 2.45. The molecule has 1 saturated heterocycles. The Kier molecular flexibility index (Phi) is 5.11. The fourth-order valence-corrected chi connectivity index (χ4v) is 2.04. The van der Waals surface area contributed by atoms with Gasteiger partial charge in [-0.05, 0) is 12.1 Å². The van der Waals surface area contributed by atoms with E-state index in [0.717, 1.165) is 39.3 Å². The van der Waals surface area contributed by atoms with Gasteiger partial charge in [0.15, 0.2) is 0 Å². The van der Waals surface area contributed by atoms with Gasteiger partial charge in [0.1, 0.15) is 18.8 Å². The summed E-state index contributed by atoms with van der Waals surface area (Å²) in [6, 6.07) is 5.35. The summed E-state index contributed by atoms with van der Waals surface area (Å²) >= 11 is 0. The molecule has 0 atom stereocenters. The Morgan fingerprint density at radius 1 is 1.39 bits per heavy atom. The van der Waals surface area contributed by atoms with Crippen LogP contribution in [0.15, 0.2) is 24.4 Å². The second-order valence-electron chi connectivity index (χ2n) is 4.44. The maximum Gasteiger partial charge on any atom is 0.269 e. The lowest BCUT2D eigenvalue weighted by molar-refractivity contribution is -0.908. The molecule has 0 radical (unpaired) electrons. The summed E-state index contributed by atoms with van der Waals surface area (Å²) in [5.41, 5.74) is 0.483. The van der Waals surface area contributed by atoms with E-state index in [1.54, 1.807) is 23.2 Å². The molecule has 0 spiro atoms. The van der Waals surface area contributed by atoms with Gasteiger partial charge in [-0.25, -0.2) is 0 Å². The van der Waals surface area contributed by atoms with Crippen LogP contribution in [0.1, 0.15) is 16.9 Å². The van der Waals surface area contributed by atoms with Gasteiger partial charge in [-0.3, -0.25) is 9.78 Å². The van der Waals surface area contributed by atoms with Gasteiger partial charge in [-0.1, -0.05) is 6.07 Å². The number of carbonyl (C=O) groups is 1. The molecule has 0 bridgehead atoms. The van der Waals surface area contributed by atoms with E-state index in [9.17, 15) is 4.79 Å². The van der Waals surface area contributed by atoms with Crippen LogP contribution in [0, 0.1) is 0 Å². The van der Waals surface area contributed by atoms with Gasteiger partial charge in [0, 0.05) is 19.2 Å².